The fourth-order valence-corrected chi connectivity index (χ4v) is 5.81. The minimum Gasteiger partial charge on any atom is -0.345 e. The summed E-state index contributed by atoms with van der Waals surface area (Å²) in [6.07, 6.45) is -7.33. The summed E-state index contributed by atoms with van der Waals surface area (Å²) in [5.74, 6) is -1.55. The van der Waals surface area contributed by atoms with Crippen LogP contribution >= 0.6 is 0 Å². The Labute approximate surface area is 211 Å². The highest BCUT2D eigenvalue weighted by molar-refractivity contribution is 7.91. The van der Waals surface area contributed by atoms with Gasteiger partial charge < -0.3 is 11.1 Å². The Bertz CT molecular complexity index is 1210. The van der Waals surface area contributed by atoms with Crippen molar-refractivity contribution in [3.8, 4) is 0 Å². The van der Waals surface area contributed by atoms with Crippen molar-refractivity contribution in [1.29, 1.82) is 0 Å². The molecule has 2 atom stereocenters. The third kappa shape index (κ3) is 7.47. The van der Waals surface area contributed by atoms with E-state index >= 15 is 0 Å². The zero-order valence-corrected chi connectivity index (χ0v) is 20.8. The first-order valence-corrected chi connectivity index (χ1v) is 13.4. The first-order chi connectivity index (χ1) is 17.1. The number of carbonyl (C=O) groups excluding carboxylic acids is 1. The normalized spacial score (nSPS) is 16.3. The van der Waals surface area contributed by atoms with Gasteiger partial charge in [-0.2, -0.15) is 26.3 Å². The summed E-state index contributed by atoms with van der Waals surface area (Å²) in [6, 6.07) is 5.45. The molecule has 204 valence electrons. The predicted molar refractivity (Wildman–Crippen MR) is 125 cm³/mol. The van der Waals surface area contributed by atoms with Crippen molar-refractivity contribution in [2.24, 2.45) is 17.6 Å². The van der Waals surface area contributed by atoms with Crippen LogP contribution in [-0.4, -0.2) is 26.6 Å². The van der Waals surface area contributed by atoms with Gasteiger partial charge in [-0.25, -0.2) is 8.42 Å². The number of benzene rings is 2. The average molecular weight is 551 g/mol. The van der Waals surface area contributed by atoms with Crippen LogP contribution in [0.15, 0.2) is 47.4 Å². The van der Waals surface area contributed by atoms with Gasteiger partial charge in [0.25, 0.3) is 5.91 Å². The van der Waals surface area contributed by atoms with Crippen LogP contribution in [-0.2, 0) is 22.2 Å². The van der Waals surface area contributed by atoms with Crippen molar-refractivity contribution in [2.45, 2.75) is 55.9 Å². The van der Waals surface area contributed by atoms with Gasteiger partial charge in [-0.15, -0.1) is 0 Å². The van der Waals surface area contributed by atoms with E-state index in [1.807, 2.05) is 0 Å². The van der Waals surface area contributed by atoms with E-state index < -0.39 is 50.8 Å². The Kier molecular flexibility index (Phi) is 8.63. The molecule has 3 N–H and O–H groups in total. The molecule has 5 nitrogen and oxygen atoms in total. The summed E-state index contributed by atoms with van der Waals surface area (Å²) in [4.78, 5) is 13.1. The summed E-state index contributed by atoms with van der Waals surface area (Å²) in [5.41, 5.74) is 1.94. The van der Waals surface area contributed by atoms with Crippen LogP contribution in [0.3, 0.4) is 0 Å². The Morgan fingerprint density at radius 3 is 2.16 bits per heavy atom. The Hall–Kier alpha value is -2.60. The van der Waals surface area contributed by atoms with Crippen molar-refractivity contribution in [2.75, 3.05) is 12.3 Å². The van der Waals surface area contributed by atoms with Crippen molar-refractivity contribution in [3.05, 3.63) is 64.7 Å². The zero-order valence-electron chi connectivity index (χ0n) is 20.0. The highest BCUT2D eigenvalue weighted by atomic mass is 32.2. The van der Waals surface area contributed by atoms with Crippen molar-refractivity contribution in [1.82, 2.24) is 5.32 Å². The molecule has 0 aliphatic heterocycles. The van der Waals surface area contributed by atoms with Gasteiger partial charge in [0.05, 0.1) is 33.4 Å². The van der Waals surface area contributed by atoms with Crippen LogP contribution in [0.2, 0.25) is 0 Å². The molecule has 0 heterocycles. The molecule has 1 amide bonds. The van der Waals surface area contributed by atoms with E-state index in [1.165, 1.54) is 24.3 Å². The average Bonchev–Trinajstić information content (AvgIpc) is 3.62. The molecule has 0 saturated heterocycles. The molecule has 0 unspecified atom stereocenters. The lowest BCUT2D eigenvalue weighted by atomic mass is 9.90. The molecule has 3 rings (SSSR count). The third-order valence-corrected chi connectivity index (χ3v) is 8.27. The van der Waals surface area contributed by atoms with Crippen LogP contribution in [0.5, 0.6) is 0 Å². The molecule has 37 heavy (non-hydrogen) atoms. The van der Waals surface area contributed by atoms with Crippen molar-refractivity contribution < 1.29 is 39.6 Å². The van der Waals surface area contributed by atoms with Gasteiger partial charge in [0, 0.05) is 0 Å². The third-order valence-electron chi connectivity index (χ3n) is 6.37. The SMILES string of the molecule is C[C@H](CCCN)[C@H](NC(=O)c1cc(C(F)(F)F)ccc1C(F)(F)F)c1ccc(S(=O)(=O)CC2CC2)cc1. The van der Waals surface area contributed by atoms with Crippen molar-refractivity contribution >= 4 is 15.7 Å². The number of hydrogen-bond acceptors (Lipinski definition) is 4. The second-order valence-electron chi connectivity index (χ2n) is 9.41. The van der Waals surface area contributed by atoms with E-state index in [0.717, 1.165) is 12.8 Å². The van der Waals surface area contributed by atoms with Gasteiger partial charge in [0.15, 0.2) is 9.84 Å². The molecule has 12 heteroatoms. The van der Waals surface area contributed by atoms with E-state index in [0.29, 0.717) is 24.9 Å². The van der Waals surface area contributed by atoms with Crippen LogP contribution in [0, 0.1) is 11.8 Å². The number of rotatable bonds is 10. The van der Waals surface area contributed by atoms with Crippen molar-refractivity contribution in [3.63, 3.8) is 0 Å². The second kappa shape index (κ2) is 11.0. The van der Waals surface area contributed by atoms with Gasteiger partial charge in [0.1, 0.15) is 0 Å². The monoisotopic (exact) mass is 550 g/mol. The molecule has 1 aliphatic rings. The Balaban J connectivity index is 1.96. The van der Waals surface area contributed by atoms with Gasteiger partial charge in [-0.05, 0) is 80.0 Å². The summed E-state index contributed by atoms with van der Waals surface area (Å²) in [7, 11) is -3.52. The lowest BCUT2D eigenvalue weighted by Gasteiger charge is -2.27. The van der Waals surface area contributed by atoms with Gasteiger partial charge in [-0.1, -0.05) is 19.1 Å². The highest BCUT2D eigenvalue weighted by Gasteiger charge is 2.39. The molecule has 0 aromatic heterocycles. The maximum absolute atomic E-state index is 13.5. The van der Waals surface area contributed by atoms with Gasteiger partial charge in [0.2, 0.25) is 0 Å². The number of amides is 1. The van der Waals surface area contributed by atoms with E-state index in [-0.39, 0.29) is 40.7 Å². The summed E-state index contributed by atoms with van der Waals surface area (Å²) in [6.45, 7) is 2.03. The van der Waals surface area contributed by atoms with Crippen LogP contribution in [0.4, 0.5) is 26.3 Å². The van der Waals surface area contributed by atoms with E-state index in [9.17, 15) is 39.6 Å². The molecular formula is C25H28F6N2O3S. The van der Waals surface area contributed by atoms with E-state index in [1.54, 1.807) is 6.92 Å². The molecule has 2 aromatic rings. The first-order valence-electron chi connectivity index (χ1n) is 11.8. The minimum atomic E-state index is -5.06. The number of nitrogens with one attached hydrogen (secondary N) is 1. The van der Waals surface area contributed by atoms with E-state index in [2.05, 4.69) is 5.32 Å². The van der Waals surface area contributed by atoms with Crippen LogP contribution in [0.1, 0.15) is 65.7 Å². The maximum atomic E-state index is 13.5. The second-order valence-corrected chi connectivity index (χ2v) is 11.4. The number of carbonyl (C=O) groups is 1. The maximum Gasteiger partial charge on any atom is 0.417 e. The lowest BCUT2D eigenvalue weighted by Crippen LogP contribution is -2.34. The quantitative estimate of drug-likeness (QED) is 0.369. The fourth-order valence-electron chi connectivity index (χ4n) is 4.11. The van der Waals surface area contributed by atoms with Crippen LogP contribution < -0.4 is 11.1 Å². The summed E-state index contributed by atoms with van der Waals surface area (Å²) >= 11 is 0. The smallest absolute Gasteiger partial charge is 0.345 e. The predicted octanol–water partition coefficient (Wildman–Crippen LogP) is 5.75. The largest absolute Gasteiger partial charge is 0.417 e. The molecular weight excluding hydrogens is 522 g/mol. The zero-order chi connectivity index (χ0) is 27.6. The number of alkyl halides is 6. The topological polar surface area (TPSA) is 89.3 Å². The standard InChI is InChI=1S/C25H28F6N2O3S/c1-15(3-2-12-32)22(17-6-9-19(10-7-17)37(35,36)14-16-4-5-16)33-23(34)20-13-18(24(26,27)28)8-11-21(20)25(29,30)31/h6-11,13,15-16,22H,2-5,12,14,32H2,1H3,(H,33,34)/t15-,22+/m1/s1. The molecule has 0 bridgehead atoms. The summed E-state index contributed by atoms with van der Waals surface area (Å²) < 4.78 is 105. The number of sulfone groups is 1. The highest BCUT2D eigenvalue weighted by Crippen LogP contribution is 2.37. The van der Waals surface area contributed by atoms with E-state index in [4.69, 9.17) is 5.73 Å². The molecule has 0 radical (unpaired) electrons. The molecule has 1 fully saturated rings. The lowest BCUT2D eigenvalue weighted by molar-refractivity contribution is -0.141. The van der Waals surface area contributed by atoms with Gasteiger partial charge >= 0.3 is 12.4 Å². The number of hydrogen-bond donors (Lipinski definition) is 2. The fraction of sp³-hybridized carbons (Fsp3) is 0.480. The summed E-state index contributed by atoms with van der Waals surface area (Å²) in [5, 5.41) is 2.45. The molecule has 2 aromatic carbocycles. The number of halogens is 6. The minimum absolute atomic E-state index is 0.0230. The molecule has 0 spiro atoms. The molecule has 1 aliphatic carbocycles. The van der Waals surface area contributed by atoms with Crippen LogP contribution in [0.25, 0.3) is 0 Å². The van der Waals surface area contributed by atoms with Gasteiger partial charge in [-0.3, -0.25) is 4.79 Å². The first kappa shape index (κ1) is 29.0. The molecule has 1 saturated carbocycles. The number of nitrogens with two attached hydrogens (primary N) is 1. The Morgan fingerprint density at radius 1 is 1.03 bits per heavy atom. The Morgan fingerprint density at radius 2 is 1.65 bits per heavy atom.